The molecule has 0 aliphatic heterocycles. The fourth-order valence-corrected chi connectivity index (χ4v) is 1.92. The Balaban J connectivity index is 2.34. The number of hydrogen-bond acceptors (Lipinski definition) is 3. The van der Waals surface area contributed by atoms with Gasteiger partial charge in [0, 0.05) is 13.1 Å². The number of likely N-dealkylation sites (N-methyl/N-ethyl adjacent to an activating group) is 1. The molecule has 0 spiro atoms. The van der Waals surface area contributed by atoms with Gasteiger partial charge < -0.3 is 15.0 Å². The van der Waals surface area contributed by atoms with E-state index in [1.165, 1.54) is 12.1 Å². The summed E-state index contributed by atoms with van der Waals surface area (Å²) >= 11 is 0. The molecule has 0 unspecified atom stereocenters. The Morgan fingerprint density at radius 2 is 2.17 bits per heavy atom. The third-order valence-corrected chi connectivity index (χ3v) is 2.69. The highest BCUT2D eigenvalue weighted by Crippen LogP contribution is 2.19. The van der Waals surface area contributed by atoms with Crippen molar-refractivity contribution in [2.24, 2.45) is 0 Å². The number of rotatable bonds is 4. The van der Waals surface area contributed by atoms with Crippen molar-refractivity contribution in [2.75, 3.05) is 18.0 Å². The Morgan fingerprint density at radius 3 is 2.78 bits per heavy atom. The molecular formula is C13H18FN3O. The van der Waals surface area contributed by atoms with E-state index in [0.29, 0.717) is 24.6 Å². The molecule has 98 valence electrons. The summed E-state index contributed by atoms with van der Waals surface area (Å²) in [5, 5.41) is 9.86. The van der Waals surface area contributed by atoms with E-state index in [0.717, 1.165) is 5.52 Å². The number of fused-ring (bicyclic) bond motifs is 1. The summed E-state index contributed by atoms with van der Waals surface area (Å²) < 4.78 is 13.1. The Kier molecular flexibility index (Phi) is 3.26. The summed E-state index contributed by atoms with van der Waals surface area (Å²) in [7, 11) is 0. The molecule has 0 bridgehead atoms. The molecule has 0 radical (unpaired) electrons. The van der Waals surface area contributed by atoms with E-state index in [1.54, 1.807) is 19.9 Å². The van der Waals surface area contributed by atoms with Gasteiger partial charge in [-0.2, -0.15) is 0 Å². The normalized spacial score (nSPS) is 12.1. The van der Waals surface area contributed by atoms with Gasteiger partial charge in [-0.1, -0.05) is 0 Å². The highest BCUT2D eigenvalue weighted by molar-refractivity contribution is 5.77. The molecular weight excluding hydrogens is 233 g/mol. The molecule has 4 nitrogen and oxygen atoms in total. The van der Waals surface area contributed by atoms with Crippen LogP contribution in [0.3, 0.4) is 0 Å². The second kappa shape index (κ2) is 4.57. The monoisotopic (exact) mass is 251 g/mol. The molecule has 5 heteroatoms. The molecule has 1 heterocycles. The third kappa shape index (κ3) is 2.79. The topological polar surface area (TPSA) is 52.1 Å². The van der Waals surface area contributed by atoms with Crippen LogP contribution in [-0.4, -0.2) is 33.8 Å². The number of H-pyrrole nitrogens is 1. The number of anilines is 1. The molecule has 0 saturated carbocycles. The molecule has 0 aliphatic carbocycles. The highest BCUT2D eigenvalue weighted by atomic mass is 19.1. The Labute approximate surface area is 105 Å². The van der Waals surface area contributed by atoms with Crippen LogP contribution < -0.4 is 4.90 Å². The lowest BCUT2D eigenvalue weighted by Gasteiger charge is -2.27. The van der Waals surface area contributed by atoms with Crippen LogP contribution in [-0.2, 0) is 0 Å². The highest BCUT2D eigenvalue weighted by Gasteiger charge is 2.19. The molecule has 0 saturated heterocycles. The van der Waals surface area contributed by atoms with E-state index in [4.69, 9.17) is 0 Å². The van der Waals surface area contributed by atoms with Gasteiger partial charge >= 0.3 is 0 Å². The zero-order chi connectivity index (χ0) is 13.3. The zero-order valence-corrected chi connectivity index (χ0v) is 10.9. The number of nitrogens with one attached hydrogen (secondary N) is 1. The van der Waals surface area contributed by atoms with Crippen molar-refractivity contribution in [3.8, 4) is 0 Å². The first-order chi connectivity index (χ1) is 8.39. The molecule has 0 fully saturated rings. The first kappa shape index (κ1) is 12.8. The van der Waals surface area contributed by atoms with E-state index in [2.05, 4.69) is 9.97 Å². The van der Waals surface area contributed by atoms with Crippen molar-refractivity contribution in [2.45, 2.75) is 26.4 Å². The van der Waals surface area contributed by atoms with E-state index in [-0.39, 0.29) is 5.82 Å². The Hall–Kier alpha value is -1.62. The zero-order valence-electron chi connectivity index (χ0n) is 10.9. The maximum Gasteiger partial charge on any atom is 0.203 e. The van der Waals surface area contributed by atoms with Gasteiger partial charge in [0.2, 0.25) is 5.95 Å². The molecule has 2 aromatic rings. The maximum absolute atomic E-state index is 13.1. The minimum absolute atomic E-state index is 0.289. The van der Waals surface area contributed by atoms with Crippen molar-refractivity contribution in [1.29, 1.82) is 0 Å². The third-order valence-electron chi connectivity index (χ3n) is 2.69. The first-order valence-electron chi connectivity index (χ1n) is 6.01. The van der Waals surface area contributed by atoms with Crippen molar-refractivity contribution >= 4 is 17.0 Å². The number of aliphatic hydroxyl groups is 1. The number of hydrogen-bond donors (Lipinski definition) is 2. The molecule has 0 atom stereocenters. The summed E-state index contributed by atoms with van der Waals surface area (Å²) in [4.78, 5) is 9.40. The van der Waals surface area contributed by atoms with Gasteiger partial charge in [-0.25, -0.2) is 9.37 Å². The number of aromatic amines is 1. The SMILES string of the molecule is CCN(CC(C)(C)O)c1nc2ccc(F)cc2[nH]1. The first-order valence-corrected chi connectivity index (χ1v) is 6.01. The van der Waals surface area contributed by atoms with Crippen LogP contribution in [0.15, 0.2) is 18.2 Å². The quantitative estimate of drug-likeness (QED) is 0.876. The fourth-order valence-electron chi connectivity index (χ4n) is 1.92. The van der Waals surface area contributed by atoms with Crippen LogP contribution in [0.1, 0.15) is 20.8 Å². The Morgan fingerprint density at radius 1 is 1.44 bits per heavy atom. The van der Waals surface area contributed by atoms with E-state index >= 15 is 0 Å². The van der Waals surface area contributed by atoms with Gasteiger partial charge in [0.05, 0.1) is 16.6 Å². The molecule has 18 heavy (non-hydrogen) atoms. The molecule has 2 N–H and O–H groups in total. The van der Waals surface area contributed by atoms with E-state index in [1.807, 2.05) is 11.8 Å². The number of benzene rings is 1. The minimum Gasteiger partial charge on any atom is -0.389 e. The van der Waals surface area contributed by atoms with Crippen LogP contribution in [0.2, 0.25) is 0 Å². The number of aromatic nitrogens is 2. The molecule has 2 rings (SSSR count). The van der Waals surface area contributed by atoms with Gasteiger partial charge in [0.25, 0.3) is 0 Å². The predicted octanol–water partition coefficient (Wildman–Crippen LogP) is 2.30. The lowest BCUT2D eigenvalue weighted by Crippen LogP contribution is -2.39. The van der Waals surface area contributed by atoms with Gasteiger partial charge in [-0.3, -0.25) is 0 Å². The number of imidazole rings is 1. The van der Waals surface area contributed by atoms with Crippen LogP contribution in [0.5, 0.6) is 0 Å². The summed E-state index contributed by atoms with van der Waals surface area (Å²) in [5.74, 6) is 0.364. The lowest BCUT2D eigenvalue weighted by molar-refractivity contribution is 0.0872. The van der Waals surface area contributed by atoms with E-state index < -0.39 is 5.60 Å². The van der Waals surface area contributed by atoms with Gasteiger partial charge in [0.1, 0.15) is 5.82 Å². The van der Waals surface area contributed by atoms with Crippen LogP contribution in [0.4, 0.5) is 10.3 Å². The molecule has 0 amide bonds. The summed E-state index contributed by atoms with van der Waals surface area (Å²) in [6.45, 7) is 6.66. The van der Waals surface area contributed by atoms with Gasteiger partial charge in [-0.15, -0.1) is 0 Å². The second-order valence-electron chi connectivity index (χ2n) is 5.05. The van der Waals surface area contributed by atoms with Gasteiger partial charge in [0.15, 0.2) is 0 Å². The van der Waals surface area contributed by atoms with Crippen molar-refractivity contribution in [1.82, 2.24) is 9.97 Å². The van der Waals surface area contributed by atoms with Crippen LogP contribution in [0, 0.1) is 5.82 Å². The summed E-state index contributed by atoms with van der Waals surface area (Å²) in [5.41, 5.74) is 0.583. The standard InChI is InChI=1S/C13H18FN3O/c1-4-17(8-13(2,3)18)12-15-10-6-5-9(14)7-11(10)16-12/h5-7,18H,4,8H2,1-3H3,(H,15,16). The molecule has 1 aromatic carbocycles. The second-order valence-corrected chi connectivity index (χ2v) is 5.05. The average Bonchev–Trinajstić information content (AvgIpc) is 2.67. The number of halogens is 1. The average molecular weight is 251 g/mol. The maximum atomic E-state index is 13.1. The number of nitrogens with zero attached hydrogens (tertiary/aromatic N) is 2. The summed E-state index contributed by atoms with van der Waals surface area (Å²) in [6.07, 6.45) is 0. The molecule has 1 aromatic heterocycles. The largest absolute Gasteiger partial charge is 0.389 e. The van der Waals surface area contributed by atoms with Crippen LogP contribution >= 0.6 is 0 Å². The predicted molar refractivity (Wildman–Crippen MR) is 70.2 cm³/mol. The van der Waals surface area contributed by atoms with Crippen LogP contribution in [0.25, 0.3) is 11.0 Å². The van der Waals surface area contributed by atoms with Crippen molar-refractivity contribution in [3.63, 3.8) is 0 Å². The van der Waals surface area contributed by atoms with E-state index in [9.17, 15) is 9.50 Å². The minimum atomic E-state index is -0.805. The summed E-state index contributed by atoms with van der Waals surface area (Å²) in [6, 6.07) is 4.45. The van der Waals surface area contributed by atoms with Gasteiger partial charge in [-0.05, 0) is 39.0 Å². The lowest BCUT2D eigenvalue weighted by atomic mass is 10.1. The molecule has 0 aliphatic rings. The fraction of sp³-hybridized carbons (Fsp3) is 0.462. The Bertz CT molecular complexity index is 545. The van der Waals surface area contributed by atoms with Crippen molar-refractivity contribution < 1.29 is 9.50 Å². The smallest absolute Gasteiger partial charge is 0.203 e. The van der Waals surface area contributed by atoms with Crippen molar-refractivity contribution in [3.05, 3.63) is 24.0 Å².